The fourth-order valence-electron chi connectivity index (χ4n) is 2.16. The van der Waals surface area contributed by atoms with E-state index in [1.54, 1.807) is 0 Å². The number of carbonyl (C=O) groups is 1. The molecule has 1 atom stereocenters. The predicted octanol–water partition coefficient (Wildman–Crippen LogP) is 3.16. The molecule has 0 bridgehead atoms. The summed E-state index contributed by atoms with van der Waals surface area (Å²) in [4.78, 5) is 12.0. The van der Waals surface area contributed by atoms with E-state index >= 15 is 0 Å². The van der Waals surface area contributed by atoms with Crippen LogP contribution in [0.3, 0.4) is 0 Å². The van der Waals surface area contributed by atoms with Crippen LogP contribution in [-0.2, 0) is 11.2 Å². The Hall–Kier alpha value is -1.57. The van der Waals surface area contributed by atoms with Crippen LogP contribution in [0.2, 0.25) is 0 Å². The molecule has 0 aliphatic carbocycles. The molecule has 2 nitrogen and oxygen atoms in total. The summed E-state index contributed by atoms with van der Waals surface area (Å²) in [6.45, 7) is 4.20. The van der Waals surface area contributed by atoms with Gasteiger partial charge < -0.3 is 4.74 Å². The number of hydrogen-bond acceptors (Lipinski definition) is 2. The molecule has 0 N–H and O–H groups in total. The van der Waals surface area contributed by atoms with E-state index in [2.05, 4.69) is 6.58 Å². The Kier molecular flexibility index (Phi) is 3.97. The average Bonchev–Trinajstić information content (AvgIpc) is 2.38. The zero-order chi connectivity index (χ0) is 12.1. The van der Waals surface area contributed by atoms with Crippen molar-refractivity contribution in [2.45, 2.75) is 25.7 Å². The summed E-state index contributed by atoms with van der Waals surface area (Å²) in [7, 11) is 0. The second-order valence-corrected chi connectivity index (χ2v) is 4.47. The van der Waals surface area contributed by atoms with Gasteiger partial charge in [0.2, 0.25) is 0 Å². The van der Waals surface area contributed by atoms with Crippen LogP contribution in [-0.4, -0.2) is 12.4 Å². The zero-order valence-electron chi connectivity index (χ0n) is 10.0. The maximum Gasteiger partial charge on any atom is 0.139 e. The number of carbonyl (C=O) groups excluding carboxylic acids is 1. The van der Waals surface area contributed by atoms with Crippen molar-refractivity contribution >= 4 is 5.78 Å². The van der Waals surface area contributed by atoms with E-state index in [-0.39, 0.29) is 5.92 Å². The van der Waals surface area contributed by atoms with Gasteiger partial charge in [-0.05, 0) is 30.9 Å². The van der Waals surface area contributed by atoms with Crippen molar-refractivity contribution in [3.63, 3.8) is 0 Å². The first kappa shape index (κ1) is 11.9. The minimum Gasteiger partial charge on any atom is -0.493 e. The van der Waals surface area contributed by atoms with E-state index < -0.39 is 0 Å². The molecule has 0 saturated carbocycles. The van der Waals surface area contributed by atoms with Crippen molar-refractivity contribution in [3.8, 4) is 5.75 Å². The smallest absolute Gasteiger partial charge is 0.139 e. The van der Waals surface area contributed by atoms with E-state index in [0.717, 1.165) is 30.6 Å². The largest absolute Gasteiger partial charge is 0.493 e. The molecule has 2 heteroatoms. The molecule has 0 amide bonds. The van der Waals surface area contributed by atoms with Crippen LogP contribution in [0.15, 0.2) is 36.9 Å². The maximum absolute atomic E-state index is 12.0. The van der Waals surface area contributed by atoms with Crippen LogP contribution in [0.25, 0.3) is 0 Å². The number of para-hydroxylation sites is 1. The lowest BCUT2D eigenvalue weighted by Gasteiger charge is -2.24. The van der Waals surface area contributed by atoms with Gasteiger partial charge in [-0.25, -0.2) is 0 Å². The highest BCUT2D eigenvalue weighted by Crippen LogP contribution is 2.27. The molecule has 0 radical (unpaired) electrons. The summed E-state index contributed by atoms with van der Waals surface area (Å²) in [6.07, 6.45) is 5.14. The minimum atomic E-state index is 0.0368. The molecule has 1 heterocycles. The molecule has 0 spiro atoms. The molecule has 90 valence electrons. The monoisotopic (exact) mass is 230 g/mol. The molecule has 0 saturated heterocycles. The van der Waals surface area contributed by atoms with Crippen LogP contribution in [0.1, 0.15) is 24.8 Å². The van der Waals surface area contributed by atoms with Crippen LogP contribution < -0.4 is 4.74 Å². The first-order valence-corrected chi connectivity index (χ1v) is 6.15. The number of rotatable bonds is 5. The molecule has 1 aromatic carbocycles. The molecule has 0 aromatic heterocycles. The molecule has 0 fully saturated rings. The summed E-state index contributed by atoms with van der Waals surface area (Å²) in [5.74, 6) is 1.29. The summed E-state index contributed by atoms with van der Waals surface area (Å²) in [6, 6.07) is 7.96. The standard InChI is InChI=1S/C15H18O2/c1-2-3-4-8-14(16)13-10-12-7-5-6-9-15(12)17-11-13/h2,5-7,9,13H,1,3-4,8,10-11H2. The minimum absolute atomic E-state index is 0.0368. The number of unbranched alkanes of at least 4 members (excludes halogenated alkanes) is 1. The summed E-state index contributed by atoms with van der Waals surface area (Å²) in [5, 5.41) is 0. The molecule has 2 rings (SSSR count). The lowest BCUT2D eigenvalue weighted by atomic mass is 9.91. The lowest BCUT2D eigenvalue weighted by Crippen LogP contribution is -2.28. The summed E-state index contributed by atoms with van der Waals surface area (Å²) < 4.78 is 5.62. The van der Waals surface area contributed by atoms with E-state index in [4.69, 9.17) is 4.74 Å². The number of Topliss-reactive ketones (excluding diaryl/α,β-unsaturated/α-hetero) is 1. The van der Waals surface area contributed by atoms with Crippen molar-refractivity contribution in [3.05, 3.63) is 42.5 Å². The molecule has 1 unspecified atom stereocenters. The third-order valence-corrected chi connectivity index (χ3v) is 3.17. The molecule has 17 heavy (non-hydrogen) atoms. The number of ether oxygens (including phenoxy) is 1. The van der Waals surface area contributed by atoms with E-state index in [1.165, 1.54) is 0 Å². The number of ketones is 1. The van der Waals surface area contributed by atoms with Gasteiger partial charge in [-0.1, -0.05) is 24.3 Å². The van der Waals surface area contributed by atoms with Crippen LogP contribution in [0, 0.1) is 5.92 Å². The molecular weight excluding hydrogens is 212 g/mol. The van der Waals surface area contributed by atoms with Crippen molar-refractivity contribution in [1.82, 2.24) is 0 Å². The highest BCUT2D eigenvalue weighted by Gasteiger charge is 2.24. The van der Waals surface area contributed by atoms with Gasteiger partial charge in [0.05, 0.1) is 12.5 Å². The second kappa shape index (κ2) is 5.67. The molecule has 1 aliphatic heterocycles. The highest BCUT2D eigenvalue weighted by atomic mass is 16.5. The number of benzene rings is 1. The fourth-order valence-corrected chi connectivity index (χ4v) is 2.16. The Morgan fingerprint density at radius 1 is 1.47 bits per heavy atom. The third-order valence-electron chi connectivity index (χ3n) is 3.17. The van der Waals surface area contributed by atoms with Crippen LogP contribution in [0.4, 0.5) is 0 Å². The van der Waals surface area contributed by atoms with Gasteiger partial charge in [0.25, 0.3) is 0 Å². The van der Waals surface area contributed by atoms with Crippen molar-refractivity contribution in [2.24, 2.45) is 5.92 Å². The van der Waals surface area contributed by atoms with Gasteiger partial charge in [-0.2, -0.15) is 0 Å². The third kappa shape index (κ3) is 2.96. The number of fused-ring (bicyclic) bond motifs is 1. The van der Waals surface area contributed by atoms with Gasteiger partial charge >= 0.3 is 0 Å². The van der Waals surface area contributed by atoms with E-state index in [1.807, 2.05) is 30.3 Å². The Labute approximate surface area is 102 Å². The average molecular weight is 230 g/mol. The quantitative estimate of drug-likeness (QED) is 0.573. The van der Waals surface area contributed by atoms with E-state index in [9.17, 15) is 4.79 Å². The summed E-state index contributed by atoms with van der Waals surface area (Å²) in [5.41, 5.74) is 1.15. The Bertz CT molecular complexity index is 409. The Morgan fingerprint density at radius 3 is 3.12 bits per heavy atom. The Balaban J connectivity index is 1.93. The van der Waals surface area contributed by atoms with Crippen LogP contribution >= 0.6 is 0 Å². The topological polar surface area (TPSA) is 26.3 Å². The van der Waals surface area contributed by atoms with Gasteiger partial charge in [0.15, 0.2) is 0 Å². The predicted molar refractivity (Wildman–Crippen MR) is 68.2 cm³/mol. The first-order valence-electron chi connectivity index (χ1n) is 6.15. The van der Waals surface area contributed by atoms with Gasteiger partial charge in [-0.3, -0.25) is 4.79 Å². The molecule has 1 aromatic rings. The van der Waals surface area contributed by atoms with E-state index in [0.29, 0.717) is 18.8 Å². The first-order chi connectivity index (χ1) is 8.31. The van der Waals surface area contributed by atoms with Gasteiger partial charge in [-0.15, -0.1) is 6.58 Å². The van der Waals surface area contributed by atoms with Crippen molar-refractivity contribution in [2.75, 3.05) is 6.61 Å². The Morgan fingerprint density at radius 2 is 2.29 bits per heavy atom. The highest BCUT2D eigenvalue weighted by molar-refractivity contribution is 5.81. The van der Waals surface area contributed by atoms with Gasteiger partial charge in [0.1, 0.15) is 11.5 Å². The van der Waals surface area contributed by atoms with Crippen molar-refractivity contribution in [1.29, 1.82) is 0 Å². The lowest BCUT2D eigenvalue weighted by molar-refractivity contribution is -0.124. The SMILES string of the molecule is C=CCCCC(=O)C1COc2ccccc2C1. The van der Waals surface area contributed by atoms with Crippen LogP contribution in [0.5, 0.6) is 5.75 Å². The fraction of sp³-hybridized carbons (Fsp3) is 0.400. The zero-order valence-corrected chi connectivity index (χ0v) is 10.0. The van der Waals surface area contributed by atoms with Crippen molar-refractivity contribution < 1.29 is 9.53 Å². The van der Waals surface area contributed by atoms with Gasteiger partial charge in [0, 0.05) is 6.42 Å². The number of hydrogen-bond donors (Lipinski definition) is 0. The normalized spacial score (nSPS) is 18.0. The molecule has 1 aliphatic rings. The number of allylic oxidation sites excluding steroid dienone is 1. The summed E-state index contributed by atoms with van der Waals surface area (Å²) >= 11 is 0. The maximum atomic E-state index is 12.0. The second-order valence-electron chi connectivity index (χ2n) is 4.47. The molecular formula is C15H18O2.